The molecule has 2 heterocycles. The Morgan fingerprint density at radius 1 is 1.15 bits per heavy atom. The van der Waals surface area contributed by atoms with E-state index >= 15 is 0 Å². The lowest BCUT2D eigenvalue weighted by Crippen LogP contribution is -2.57. The van der Waals surface area contributed by atoms with Crippen LogP contribution >= 0.6 is 15.9 Å². The van der Waals surface area contributed by atoms with Crippen LogP contribution in [0.5, 0.6) is 11.5 Å². The maximum atomic E-state index is 13.4. The summed E-state index contributed by atoms with van der Waals surface area (Å²) in [7, 11) is 0. The van der Waals surface area contributed by atoms with Crippen molar-refractivity contribution in [2.75, 3.05) is 18.5 Å². The Morgan fingerprint density at radius 2 is 1.88 bits per heavy atom. The van der Waals surface area contributed by atoms with E-state index in [0.717, 1.165) is 43.4 Å². The molecule has 41 heavy (non-hydrogen) atoms. The predicted molar refractivity (Wildman–Crippen MR) is 155 cm³/mol. The van der Waals surface area contributed by atoms with Gasteiger partial charge in [-0.05, 0) is 108 Å². The van der Waals surface area contributed by atoms with Crippen molar-refractivity contribution in [1.82, 2.24) is 19.6 Å². The van der Waals surface area contributed by atoms with Gasteiger partial charge in [0.15, 0.2) is 11.5 Å². The Kier molecular flexibility index (Phi) is 7.29. The zero-order valence-corrected chi connectivity index (χ0v) is 24.9. The zero-order valence-electron chi connectivity index (χ0n) is 23.3. The van der Waals surface area contributed by atoms with E-state index < -0.39 is 4.92 Å². The van der Waals surface area contributed by atoms with Crippen LogP contribution in [0.3, 0.4) is 0 Å². The summed E-state index contributed by atoms with van der Waals surface area (Å²) < 4.78 is 15.4. The van der Waals surface area contributed by atoms with E-state index in [4.69, 9.17) is 9.47 Å². The van der Waals surface area contributed by atoms with Gasteiger partial charge in [-0.25, -0.2) is 0 Å². The third kappa shape index (κ3) is 5.45. The molecule has 0 radical (unpaired) electrons. The molecule has 4 saturated carbocycles. The van der Waals surface area contributed by atoms with Crippen LogP contribution in [0.25, 0.3) is 0 Å². The van der Waals surface area contributed by atoms with Crippen LogP contribution in [-0.4, -0.2) is 43.6 Å². The van der Waals surface area contributed by atoms with Gasteiger partial charge in [-0.15, -0.1) is 0 Å². The molecule has 4 aliphatic carbocycles. The molecule has 2 aromatic heterocycles. The molecule has 11 nitrogen and oxygen atoms in total. The first-order valence-electron chi connectivity index (χ1n) is 14.3. The predicted octanol–water partition coefficient (Wildman–Crippen LogP) is 5.92. The van der Waals surface area contributed by atoms with Gasteiger partial charge in [0.25, 0.3) is 0 Å². The van der Waals surface area contributed by atoms with Gasteiger partial charge in [-0.1, -0.05) is 6.07 Å². The summed E-state index contributed by atoms with van der Waals surface area (Å²) in [5.74, 6) is 2.27. The molecular weight excluding hydrogens is 592 g/mol. The number of nitro groups is 1. The molecule has 0 aliphatic heterocycles. The highest BCUT2D eigenvalue weighted by Crippen LogP contribution is 2.65. The molecule has 4 fully saturated rings. The van der Waals surface area contributed by atoms with E-state index in [0.29, 0.717) is 53.9 Å². The molecule has 0 saturated heterocycles. The van der Waals surface area contributed by atoms with Crippen molar-refractivity contribution in [2.45, 2.75) is 70.9 Å². The fourth-order valence-corrected chi connectivity index (χ4v) is 8.45. The number of carbonyl (C=O) groups is 1. The number of amides is 1. The first-order chi connectivity index (χ1) is 19.7. The molecule has 3 aromatic rings. The number of carbonyl (C=O) groups excluding carboxylic acids is 1. The van der Waals surface area contributed by atoms with E-state index in [-0.39, 0.29) is 22.7 Å². The van der Waals surface area contributed by atoms with Crippen molar-refractivity contribution in [3.63, 3.8) is 0 Å². The molecule has 1 N–H and O–H groups in total. The molecule has 1 amide bonds. The third-order valence-corrected chi connectivity index (χ3v) is 9.43. The topological polar surface area (TPSA) is 126 Å². The number of ether oxygens (including phenoxy) is 2. The van der Waals surface area contributed by atoms with Crippen LogP contribution in [0.4, 0.5) is 11.5 Å². The maximum absolute atomic E-state index is 13.4. The SMILES string of the molecule is CCOc1ccc(Cn2cc(NC(=O)CC34CC5CC(C3)CC(n3cc(Br)c([N+](=O)[O-])n3)(C5)C4)cn2)cc1OCC. The van der Waals surface area contributed by atoms with Crippen molar-refractivity contribution in [2.24, 2.45) is 17.3 Å². The summed E-state index contributed by atoms with van der Waals surface area (Å²) >= 11 is 3.32. The zero-order chi connectivity index (χ0) is 28.8. The Labute approximate surface area is 246 Å². The number of hydrogen-bond donors (Lipinski definition) is 1. The number of aromatic nitrogens is 4. The van der Waals surface area contributed by atoms with Gasteiger partial charge >= 0.3 is 5.82 Å². The quantitative estimate of drug-likeness (QED) is 0.207. The summed E-state index contributed by atoms with van der Waals surface area (Å²) in [4.78, 5) is 24.4. The molecular formula is C29H35BrN6O5. The first kappa shape index (κ1) is 27.7. The lowest BCUT2D eigenvalue weighted by molar-refractivity contribution is -0.390. The Bertz CT molecular complexity index is 1450. The molecule has 7 rings (SSSR count). The summed E-state index contributed by atoms with van der Waals surface area (Å²) in [5, 5.41) is 23.4. The molecule has 4 aliphatic rings. The summed E-state index contributed by atoms with van der Waals surface area (Å²) in [6.45, 7) is 5.52. The van der Waals surface area contributed by atoms with Crippen molar-refractivity contribution in [3.05, 3.63) is 56.9 Å². The average molecular weight is 628 g/mol. The van der Waals surface area contributed by atoms with Crippen LogP contribution in [0, 0.1) is 27.4 Å². The fraction of sp³-hybridized carbons (Fsp3) is 0.552. The Balaban J connectivity index is 1.13. The van der Waals surface area contributed by atoms with Gasteiger partial charge in [-0.3, -0.25) is 9.48 Å². The van der Waals surface area contributed by atoms with Crippen LogP contribution in [0.1, 0.15) is 64.4 Å². The van der Waals surface area contributed by atoms with Gasteiger partial charge < -0.3 is 24.9 Å². The monoisotopic (exact) mass is 626 g/mol. The highest BCUT2D eigenvalue weighted by Gasteiger charge is 2.60. The minimum Gasteiger partial charge on any atom is -0.490 e. The molecule has 0 spiro atoms. The second-order valence-corrected chi connectivity index (χ2v) is 12.8. The molecule has 2 unspecified atom stereocenters. The summed E-state index contributed by atoms with van der Waals surface area (Å²) in [6, 6.07) is 5.86. The minimum absolute atomic E-state index is 0.0195. The molecule has 12 heteroatoms. The summed E-state index contributed by atoms with van der Waals surface area (Å²) in [6.07, 6.45) is 11.6. The number of benzene rings is 1. The van der Waals surface area contributed by atoms with Crippen molar-refractivity contribution >= 4 is 33.3 Å². The van der Waals surface area contributed by atoms with E-state index in [1.807, 2.05) is 42.9 Å². The van der Waals surface area contributed by atoms with Gasteiger partial charge in [0, 0.05) is 12.6 Å². The van der Waals surface area contributed by atoms with E-state index in [2.05, 4.69) is 31.4 Å². The van der Waals surface area contributed by atoms with Crippen molar-refractivity contribution in [3.8, 4) is 11.5 Å². The Morgan fingerprint density at radius 3 is 2.56 bits per heavy atom. The van der Waals surface area contributed by atoms with E-state index in [1.165, 1.54) is 6.42 Å². The van der Waals surface area contributed by atoms with Gasteiger partial charge in [-0.2, -0.15) is 9.78 Å². The Hall–Kier alpha value is -3.41. The van der Waals surface area contributed by atoms with Gasteiger partial charge in [0.1, 0.15) is 4.47 Å². The second kappa shape index (κ2) is 10.8. The minimum atomic E-state index is -0.446. The molecule has 2 atom stereocenters. The van der Waals surface area contributed by atoms with Crippen LogP contribution in [0.15, 0.2) is 41.3 Å². The summed E-state index contributed by atoms with van der Waals surface area (Å²) in [5.41, 5.74) is 1.28. The van der Waals surface area contributed by atoms with E-state index in [1.54, 1.807) is 17.1 Å². The number of halogens is 1. The molecule has 218 valence electrons. The van der Waals surface area contributed by atoms with Gasteiger partial charge in [0.05, 0.1) is 48.5 Å². The number of rotatable bonds is 11. The highest BCUT2D eigenvalue weighted by molar-refractivity contribution is 9.10. The van der Waals surface area contributed by atoms with Crippen molar-refractivity contribution < 1.29 is 19.2 Å². The third-order valence-electron chi connectivity index (χ3n) is 8.87. The average Bonchev–Trinajstić information content (AvgIpc) is 3.51. The molecule has 4 bridgehead atoms. The number of nitrogens with zero attached hydrogens (tertiary/aromatic N) is 5. The maximum Gasteiger partial charge on any atom is 0.404 e. The number of hydrogen-bond acceptors (Lipinski definition) is 7. The van der Waals surface area contributed by atoms with E-state index in [9.17, 15) is 14.9 Å². The first-order valence-corrected chi connectivity index (χ1v) is 15.1. The molecule has 1 aromatic carbocycles. The van der Waals surface area contributed by atoms with Crippen molar-refractivity contribution in [1.29, 1.82) is 0 Å². The largest absolute Gasteiger partial charge is 0.490 e. The lowest BCUT2D eigenvalue weighted by atomic mass is 9.46. The highest BCUT2D eigenvalue weighted by atomic mass is 79.9. The van der Waals surface area contributed by atoms with Crippen LogP contribution < -0.4 is 14.8 Å². The standard InChI is InChI=1S/C29H35BrN6O5/c1-3-40-24-6-5-19(8-25(24)41-4-2)15-34-16-22(14-31-34)32-26(37)13-28-9-20-7-21(10-28)12-29(11-20,18-28)35-17-23(30)27(33-35)36(38)39/h5-6,8,14,16-17,20-21H,3-4,7,9-13,15,18H2,1-2H3,(H,32,37). The lowest BCUT2D eigenvalue weighted by Gasteiger charge is -2.61. The van der Waals surface area contributed by atoms with Crippen LogP contribution in [-0.2, 0) is 16.9 Å². The number of nitrogens with one attached hydrogen (secondary N) is 1. The fourth-order valence-electron chi connectivity index (χ4n) is 8.03. The normalized spacial score (nSPS) is 26.2. The van der Waals surface area contributed by atoms with Gasteiger partial charge in [0.2, 0.25) is 5.91 Å². The number of anilines is 1. The smallest absolute Gasteiger partial charge is 0.404 e. The second-order valence-electron chi connectivity index (χ2n) is 12.0. The van der Waals surface area contributed by atoms with Crippen LogP contribution in [0.2, 0.25) is 0 Å².